The molecule has 3 rings (SSSR count). The van der Waals surface area contributed by atoms with Gasteiger partial charge < -0.3 is 4.74 Å². The van der Waals surface area contributed by atoms with E-state index >= 15 is 0 Å². The largest absolute Gasteiger partial charge is 0.485 e. The molecule has 1 aliphatic rings. The lowest BCUT2D eigenvalue weighted by atomic mass is 9.88. The van der Waals surface area contributed by atoms with Gasteiger partial charge in [0.15, 0.2) is 0 Å². The number of para-hydroxylation sites is 1. The van der Waals surface area contributed by atoms with Gasteiger partial charge >= 0.3 is 0 Å². The van der Waals surface area contributed by atoms with Crippen LogP contribution in [0.2, 0.25) is 0 Å². The second-order valence-electron chi connectivity index (χ2n) is 4.74. The molecule has 17 heavy (non-hydrogen) atoms. The first kappa shape index (κ1) is 10.4. The summed E-state index contributed by atoms with van der Waals surface area (Å²) in [4.78, 5) is 0. The van der Waals surface area contributed by atoms with Crippen LogP contribution in [0.5, 0.6) is 5.75 Å². The zero-order chi connectivity index (χ0) is 11.7. The van der Waals surface area contributed by atoms with Crippen molar-refractivity contribution in [2.45, 2.75) is 19.4 Å². The van der Waals surface area contributed by atoms with Gasteiger partial charge in [0.1, 0.15) is 11.9 Å². The molecule has 0 amide bonds. The Bertz CT molecular complexity index is 504. The van der Waals surface area contributed by atoms with Crippen molar-refractivity contribution >= 4 is 0 Å². The Morgan fingerprint density at radius 3 is 2.47 bits per heavy atom. The SMILES string of the molecule is CC1Cc2ccccc2O[C@@H]1c1ccccc1. The Hall–Kier alpha value is -1.76. The van der Waals surface area contributed by atoms with Crippen molar-refractivity contribution in [2.75, 3.05) is 0 Å². The van der Waals surface area contributed by atoms with Gasteiger partial charge in [-0.2, -0.15) is 0 Å². The molecule has 0 spiro atoms. The molecule has 2 aromatic carbocycles. The second-order valence-corrected chi connectivity index (χ2v) is 4.74. The molecule has 0 aromatic heterocycles. The van der Waals surface area contributed by atoms with Crippen molar-refractivity contribution in [1.29, 1.82) is 0 Å². The highest BCUT2D eigenvalue weighted by atomic mass is 16.5. The molecule has 1 nitrogen and oxygen atoms in total. The fourth-order valence-electron chi connectivity index (χ4n) is 2.53. The molecule has 2 atom stereocenters. The van der Waals surface area contributed by atoms with Crippen molar-refractivity contribution in [3.8, 4) is 5.75 Å². The van der Waals surface area contributed by atoms with Gasteiger partial charge in [-0.15, -0.1) is 0 Å². The van der Waals surface area contributed by atoms with Gasteiger partial charge in [-0.05, 0) is 23.6 Å². The molecule has 2 aromatic rings. The molecule has 1 heteroatoms. The normalized spacial score (nSPS) is 22.6. The van der Waals surface area contributed by atoms with Crippen LogP contribution in [0, 0.1) is 5.92 Å². The number of rotatable bonds is 1. The van der Waals surface area contributed by atoms with Gasteiger partial charge in [-0.25, -0.2) is 0 Å². The highest BCUT2D eigenvalue weighted by Gasteiger charge is 2.27. The highest BCUT2D eigenvalue weighted by Crippen LogP contribution is 2.38. The summed E-state index contributed by atoms with van der Waals surface area (Å²) < 4.78 is 6.13. The Kier molecular flexibility index (Phi) is 2.60. The van der Waals surface area contributed by atoms with Crippen LogP contribution in [-0.2, 0) is 6.42 Å². The second kappa shape index (κ2) is 4.25. The number of benzene rings is 2. The van der Waals surface area contributed by atoms with E-state index in [4.69, 9.17) is 4.74 Å². The molecular formula is C16H16O. The average molecular weight is 224 g/mol. The molecule has 0 saturated carbocycles. The molecule has 0 saturated heterocycles. The summed E-state index contributed by atoms with van der Waals surface area (Å²) in [6, 6.07) is 18.8. The van der Waals surface area contributed by atoms with E-state index in [2.05, 4.69) is 49.4 Å². The lowest BCUT2D eigenvalue weighted by molar-refractivity contribution is 0.123. The van der Waals surface area contributed by atoms with E-state index < -0.39 is 0 Å². The van der Waals surface area contributed by atoms with Crippen molar-refractivity contribution in [3.63, 3.8) is 0 Å². The Morgan fingerprint density at radius 2 is 1.65 bits per heavy atom. The third-order valence-electron chi connectivity index (χ3n) is 3.41. The minimum atomic E-state index is 0.186. The number of ether oxygens (including phenoxy) is 1. The Morgan fingerprint density at radius 1 is 0.941 bits per heavy atom. The molecule has 1 unspecified atom stereocenters. The molecular weight excluding hydrogens is 208 g/mol. The zero-order valence-corrected chi connectivity index (χ0v) is 9.97. The highest BCUT2D eigenvalue weighted by molar-refractivity contribution is 5.37. The smallest absolute Gasteiger partial charge is 0.127 e. The fourth-order valence-corrected chi connectivity index (χ4v) is 2.53. The van der Waals surface area contributed by atoms with Crippen LogP contribution in [0.1, 0.15) is 24.2 Å². The van der Waals surface area contributed by atoms with Crippen molar-refractivity contribution in [1.82, 2.24) is 0 Å². The quantitative estimate of drug-likeness (QED) is 0.711. The van der Waals surface area contributed by atoms with E-state index in [0.717, 1.165) is 12.2 Å². The van der Waals surface area contributed by atoms with Gasteiger partial charge in [-0.3, -0.25) is 0 Å². The summed E-state index contributed by atoms with van der Waals surface area (Å²) in [7, 11) is 0. The van der Waals surface area contributed by atoms with Crippen molar-refractivity contribution in [2.24, 2.45) is 5.92 Å². The van der Waals surface area contributed by atoms with Gasteiger partial charge in [0.2, 0.25) is 0 Å². The van der Waals surface area contributed by atoms with Crippen LogP contribution in [0.3, 0.4) is 0 Å². The van der Waals surface area contributed by atoms with Gasteiger partial charge in [0.05, 0.1) is 0 Å². The monoisotopic (exact) mass is 224 g/mol. The zero-order valence-electron chi connectivity index (χ0n) is 9.97. The molecule has 86 valence electrons. The third-order valence-corrected chi connectivity index (χ3v) is 3.41. The molecule has 1 aliphatic heterocycles. The maximum Gasteiger partial charge on any atom is 0.127 e. The molecule has 1 heterocycles. The van der Waals surface area contributed by atoms with Crippen molar-refractivity contribution in [3.05, 3.63) is 65.7 Å². The van der Waals surface area contributed by atoms with Crippen molar-refractivity contribution < 1.29 is 4.74 Å². The summed E-state index contributed by atoms with van der Waals surface area (Å²) in [6.45, 7) is 2.26. The Labute approximate surface area is 102 Å². The Balaban J connectivity index is 1.95. The minimum Gasteiger partial charge on any atom is -0.485 e. The van der Waals surface area contributed by atoms with Crippen LogP contribution < -0.4 is 4.74 Å². The first-order valence-corrected chi connectivity index (χ1v) is 6.14. The number of hydrogen-bond acceptors (Lipinski definition) is 1. The predicted octanol–water partition coefficient (Wildman–Crippen LogP) is 4.00. The summed E-state index contributed by atoms with van der Waals surface area (Å²) in [5, 5.41) is 0. The van der Waals surface area contributed by atoms with E-state index in [1.165, 1.54) is 11.1 Å². The van der Waals surface area contributed by atoms with Crippen LogP contribution in [0.25, 0.3) is 0 Å². The summed E-state index contributed by atoms with van der Waals surface area (Å²) in [6.07, 6.45) is 1.28. The molecule has 0 radical (unpaired) electrons. The standard InChI is InChI=1S/C16H16O/c1-12-11-14-9-5-6-10-15(14)17-16(12)13-7-3-2-4-8-13/h2-10,12,16H,11H2,1H3/t12?,16-/m0/s1. The van der Waals surface area contributed by atoms with E-state index in [-0.39, 0.29) is 6.10 Å². The van der Waals surface area contributed by atoms with Gasteiger partial charge in [-0.1, -0.05) is 55.5 Å². The molecule has 0 aliphatic carbocycles. The van der Waals surface area contributed by atoms with Crippen LogP contribution in [0.4, 0.5) is 0 Å². The predicted molar refractivity (Wildman–Crippen MR) is 69.1 cm³/mol. The number of hydrogen-bond donors (Lipinski definition) is 0. The summed E-state index contributed by atoms with van der Waals surface area (Å²) >= 11 is 0. The van der Waals surface area contributed by atoms with E-state index in [9.17, 15) is 0 Å². The fraction of sp³-hybridized carbons (Fsp3) is 0.250. The van der Waals surface area contributed by atoms with Gasteiger partial charge in [0, 0.05) is 5.92 Å². The number of fused-ring (bicyclic) bond motifs is 1. The molecule has 0 bridgehead atoms. The maximum atomic E-state index is 6.13. The van der Waals surface area contributed by atoms with E-state index in [1.807, 2.05) is 12.1 Å². The lowest BCUT2D eigenvalue weighted by Gasteiger charge is -2.31. The average Bonchev–Trinajstić information content (AvgIpc) is 2.39. The topological polar surface area (TPSA) is 9.23 Å². The first-order valence-electron chi connectivity index (χ1n) is 6.14. The molecule has 0 N–H and O–H groups in total. The maximum absolute atomic E-state index is 6.13. The van der Waals surface area contributed by atoms with Gasteiger partial charge in [0.25, 0.3) is 0 Å². The van der Waals surface area contributed by atoms with Crippen LogP contribution in [-0.4, -0.2) is 0 Å². The van der Waals surface area contributed by atoms with E-state index in [0.29, 0.717) is 5.92 Å². The third kappa shape index (κ3) is 1.93. The lowest BCUT2D eigenvalue weighted by Crippen LogP contribution is -2.23. The first-order chi connectivity index (χ1) is 8.34. The summed E-state index contributed by atoms with van der Waals surface area (Å²) in [5.41, 5.74) is 2.60. The van der Waals surface area contributed by atoms with Crippen LogP contribution in [0.15, 0.2) is 54.6 Å². The summed E-state index contributed by atoms with van der Waals surface area (Å²) in [5.74, 6) is 1.56. The minimum absolute atomic E-state index is 0.186. The van der Waals surface area contributed by atoms with Crippen LogP contribution >= 0.6 is 0 Å². The molecule has 0 fully saturated rings. The van der Waals surface area contributed by atoms with E-state index in [1.54, 1.807) is 0 Å².